The number of nitrogens with zero attached hydrogens (tertiary/aromatic N) is 3. The van der Waals surface area contributed by atoms with E-state index in [0.29, 0.717) is 38.4 Å². The molecule has 140 valence electrons. The van der Waals surface area contributed by atoms with Crippen LogP contribution in [0.5, 0.6) is 0 Å². The van der Waals surface area contributed by atoms with E-state index in [1.54, 1.807) is 11.3 Å². The summed E-state index contributed by atoms with van der Waals surface area (Å²) in [6.45, 7) is 4.12. The van der Waals surface area contributed by atoms with Gasteiger partial charge in [-0.15, -0.1) is 11.3 Å². The fourth-order valence-electron chi connectivity index (χ4n) is 3.45. The molecule has 2 aromatic heterocycles. The molecule has 0 bridgehead atoms. The Balaban J connectivity index is 1.60. The van der Waals surface area contributed by atoms with E-state index in [1.165, 1.54) is 11.1 Å². The van der Waals surface area contributed by atoms with Crippen molar-refractivity contribution < 1.29 is 9.90 Å². The average molecular weight is 382 g/mol. The molecule has 7 heteroatoms. The summed E-state index contributed by atoms with van der Waals surface area (Å²) in [4.78, 5) is 23.8. The van der Waals surface area contributed by atoms with E-state index in [-0.39, 0.29) is 5.92 Å². The number of aryl methyl sites for hydroxylation is 1. The van der Waals surface area contributed by atoms with Crippen LogP contribution in [0.15, 0.2) is 35.7 Å². The molecule has 1 fully saturated rings. The zero-order valence-corrected chi connectivity index (χ0v) is 16.0. The first kappa shape index (κ1) is 17.7. The second-order valence-corrected chi connectivity index (χ2v) is 7.77. The Bertz CT molecular complexity index is 949. The van der Waals surface area contributed by atoms with E-state index in [2.05, 4.69) is 34.7 Å². The number of anilines is 2. The summed E-state index contributed by atoms with van der Waals surface area (Å²) in [7, 11) is 0. The number of carboxylic acids is 1. The van der Waals surface area contributed by atoms with Crippen LogP contribution >= 0.6 is 11.3 Å². The van der Waals surface area contributed by atoms with Gasteiger partial charge in [0.15, 0.2) is 0 Å². The van der Waals surface area contributed by atoms with E-state index in [4.69, 9.17) is 9.97 Å². The quantitative estimate of drug-likeness (QED) is 0.696. The van der Waals surface area contributed by atoms with Gasteiger partial charge in [0.2, 0.25) is 5.95 Å². The lowest BCUT2D eigenvalue weighted by atomic mass is 9.97. The summed E-state index contributed by atoms with van der Waals surface area (Å²) in [5, 5.41) is 15.8. The molecule has 0 atom stereocenters. The van der Waals surface area contributed by atoms with Gasteiger partial charge < -0.3 is 15.3 Å². The average Bonchev–Trinajstić information content (AvgIpc) is 3.08. The number of aliphatic carboxylic acids is 1. The molecule has 0 radical (unpaired) electrons. The topological polar surface area (TPSA) is 78.4 Å². The number of carbonyl (C=O) groups is 1. The van der Waals surface area contributed by atoms with Crippen LogP contribution < -0.4 is 10.2 Å². The van der Waals surface area contributed by atoms with Gasteiger partial charge in [-0.3, -0.25) is 4.79 Å². The van der Waals surface area contributed by atoms with Gasteiger partial charge in [0.05, 0.1) is 11.3 Å². The molecule has 4 rings (SSSR count). The van der Waals surface area contributed by atoms with E-state index < -0.39 is 5.97 Å². The predicted octanol–water partition coefficient (Wildman–Crippen LogP) is 3.91. The molecule has 6 nitrogen and oxygen atoms in total. The lowest BCUT2D eigenvalue weighted by molar-refractivity contribution is -0.142. The van der Waals surface area contributed by atoms with Crippen LogP contribution in [0.25, 0.3) is 10.2 Å². The monoisotopic (exact) mass is 382 g/mol. The Morgan fingerprint density at radius 2 is 2.00 bits per heavy atom. The molecule has 0 aliphatic carbocycles. The van der Waals surface area contributed by atoms with Gasteiger partial charge in [0.1, 0.15) is 10.6 Å². The van der Waals surface area contributed by atoms with E-state index in [9.17, 15) is 9.90 Å². The van der Waals surface area contributed by atoms with Crippen molar-refractivity contribution in [1.29, 1.82) is 0 Å². The van der Waals surface area contributed by atoms with Crippen molar-refractivity contribution in [3.63, 3.8) is 0 Å². The van der Waals surface area contributed by atoms with Crippen LogP contribution in [0.2, 0.25) is 0 Å². The molecule has 0 unspecified atom stereocenters. The molecular weight excluding hydrogens is 360 g/mol. The summed E-state index contributed by atoms with van der Waals surface area (Å²) >= 11 is 1.62. The molecule has 1 aliphatic rings. The number of nitrogens with one attached hydrogen (secondary N) is 1. The molecule has 0 saturated carbocycles. The highest BCUT2D eigenvalue weighted by Crippen LogP contribution is 2.32. The standard InChI is InChI=1S/C20H22N4O2S/c1-13-12-27-18-16(13)17(21-11-14-5-3-2-4-6-14)22-20(23-18)24-9-7-15(8-10-24)19(25)26/h2-6,12,15H,7-11H2,1H3,(H,25,26)(H,21,22,23). The van der Waals surface area contributed by atoms with Gasteiger partial charge in [-0.05, 0) is 36.3 Å². The highest BCUT2D eigenvalue weighted by atomic mass is 32.1. The van der Waals surface area contributed by atoms with Gasteiger partial charge >= 0.3 is 5.97 Å². The minimum Gasteiger partial charge on any atom is -0.481 e. The van der Waals surface area contributed by atoms with Crippen LogP contribution in [-0.2, 0) is 11.3 Å². The number of piperidine rings is 1. The Kier molecular flexibility index (Phi) is 4.94. The third-order valence-corrected chi connectivity index (χ3v) is 6.03. The van der Waals surface area contributed by atoms with Gasteiger partial charge in [0, 0.05) is 19.6 Å². The largest absolute Gasteiger partial charge is 0.481 e. The number of carboxylic acid groups (broad SMARTS) is 1. The van der Waals surface area contributed by atoms with Crippen molar-refractivity contribution in [2.24, 2.45) is 5.92 Å². The number of rotatable bonds is 5. The van der Waals surface area contributed by atoms with Crippen molar-refractivity contribution in [2.75, 3.05) is 23.3 Å². The third kappa shape index (κ3) is 3.73. The second kappa shape index (κ2) is 7.52. The molecule has 0 spiro atoms. The van der Waals surface area contributed by atoms with Crippen molar-refractivity contribution in [3.05, 3.63) is 46.8 Å². The molecule has 1 aromatic carbocycles. The van der Waals surface area contributed by atoms with E-state index >= 15 is 0 Å². The number of hydrogen-bond acceptors (Lipinski definition) is 6. The minimum atomic E-state index is -0.704. The molecule has 0 amide bonds. The van der Waals surface area contributed by atoms with Gasteiger partial charge in [0.25, 0.3) is 0 Å². The number of hydrogen-bond donors (Lipinski definition) is 2. The SMILES string of the molecule is Cc1csc2nc(N3CCC(C(=O)O)CC3)nc(NCc3ccccc3)c12. The fraction of sp³-hybridized carbons (Fsp3) is 0.350. The van der Waals surface area contributed by atoms with Crippen LogP contribution in [-0.4, -0.2) is 34.1 Å². The van der Waals surface area contributed by atoms with Crippen LogP contribution in [0.4, 0.5) is 11.8 Å². The highest BCUT2D eigenvalue weighted by Gasteiger charge is 2.26. The molecule has 3 heterocycles. The molecular formula is C20H22N4O2S. The number of aromatic nitrogens is 2. The Hall–Kier alpha value is -2.67. The van der Waals surface area contributed by atoms with Crippen molar-refractivity contribution in [2.45, 2.75) is 26.3 Å². The summed E-state index contributed by atoms with van der Waals surface area (Å²) < 4.78 is 0. The van der Waals surface area contributed by atoms with Gasteiger partial charge in [-0.25, -0.2) is 4.98 Å². The van der Waals surface area contributed by atoms with Crippen LogP contribution in [0, 0.1) is 12.8 Å². The summed E-state index contributed by atoms with van der Waals surface area (Å²) in [5.74, 6) is 0.566. The lowest BCUT2D eigenvalue weighted by Crippen LogP contribution is -2.37. The lowest BCUT2D eigenvalue weighted by Gasteiger charge is -2.30. The molecule has 3 aromatic rings. The maximum Gasteiger partial charge on any atom is 0.306 e. The molecule has 1 aliphatic heterocycles. The number of benzene rings is 1. The van der Waals surface area contributed by atoms with E-state index in [0.717, 1.165) is 16.0 Å². The van der Waals surface area contributed by atoms with Crippen molar-refractivity contribution in [3.8, 4) is 0 Å². The Morgan fingerprint density at radius 1 is 1.26 bits per heavy atom. The predicted molar refractivity (Wildman–Crippen MR) is 108 cm³/mol. The Morgan fingerprint density at radius 3 is 2.70 bits per heavy atom. The normalized spacial score (nSPS) is 15.2. The van der Waals surface area contributed by atoms with Crippen LogP contribution in [0.3, 0.4) is 0 Å². The molecule has 1 saturated heterocycles. The summed E-state index contributed by atoms with van der Waals surface area (Å²) in [6.07, 6.45) is 1.26. The maximum absolute atomic E-state index is 11.2. The number of fused-ring (bicyclic) bond motifs is 1. The maximum atomic E-state index is 11.2. The fourth-order valence-corrected chi connectivity index (χ4v) is 4.37. The van der Waals surface area contributed by atoms with E-state index in [1.807, 2.05) is 18.2 Å². The first-order valence-corrected chi connectivity index (χ1v) is 10.0. The highest BCUT2D eigenvalue weighted by molar-refractivity contribution is 7.17. The molecule has 27 heavy (non-hydrogen) atoms. The second-order valence-electron chi connectivity index (χ2n) is 6.91. The van der Waals surface area contributed by atoms with Gasteiger partial charge in [-0.2, -0.15) is 4.98 Å². The van der Waals surface area contributed by atoms with Crippen LogP contribution in [0.1, 0.15) is 24.0 Å². The Labute approximate surface area is 161 Å². The summed E-state index contributed by atoms with van der Waals surface area (Å²) in [6, 6.07) is 10.2. The van der Waals surface area contributed by atoms with Crippen molar-refractivity contribution in [1.82, 2.24) is 9.97 Å². The zero-order valence-electron chi connectivity index (χ0n) is 15.2. The smallest absolute Gasteiger partial charge is 0.306 e. The summed E-state index contributed by atoms with van der Waals surface area (Å²) in [5.41, 5.74) is 2.36. The molecule has 2 N–H and O–H groups in total. The van der Waals surface area contributed by atoms with Crippen molar-refractivity contribution >= 4 is 39.3 Å². The zero-order chi connectivity index (χ0) is 18.8. The first-order chi connectivity index (χ1) is 13.1. The minimum absolute atomic E-state index is 0.260. The third-order valence-electron chi connectivity index (χ3n) is 5.04. The number of thiophene rings is 1. The first-order valence-electron chi connectivity index (χ1n) is 9.13. The van der Waals surface area contributed by atoms with Gasteiger partial charge in [-0.1, -0.05) is 30.3 Å².